The van der Waals surface area contributed by atoms with Gasteiger partial charge in [0.2, 0.25) is 0 Å². The average molecular weight is 370 g/mol. The van der Waals surface area contributed by atoms with Gasteiger partial charge in [0.05, 0.1) is 0 Å². The van der Waals surface area contributed by atoms with Crippen LogP contribution >= 0.6 is 0 Å². The number of piperidine rings is 1. The second kappa shape index (κ2) is 9.51. The van der Waals surface area contributed by atoms with Gasteiger partial charge in [-0.05, 0) is 68.2 Å². The zero-order chi connectivity index (χ0) is 19.1. The van der Waals surface area contributed by atoms with Crippen LogP contribution in [0, 0.1) is 5.82 Å². The van der Waals surface area contributed by atoms with Crippen molar-refractivity contribution in [2.45, 2.75) is 45.4 Å². The summed E-state index contributed by atoms with van der Waals surface area (Å²) < 4.78 is 18.5. The van der Waals surface area contributed by atoms with E-state index in [0.717, 1.165) is 12.1 Å². The third-order valence-electron chi connectivity index (χ3n) is 4.81. The molecule has 1 atom stereocenters. The monoisotopic (exact) mass is 370 g/mol. The van der Waals surface area contributed by atoms with Gasteiger partial charge in [-0.2, -0.15) is 0 Å². The van der Waals surface area contributed by atoms with Crippen LogP contribution in [-0.2, 0) is 17.9 Å². The largest absolute Gasteiger partial charge is 0.481 e. The molecule has 3 rings (SSSR count). The average Bonchev–Trinajstić information content (AvgIpc) is 2.69. The number of hydrogen-bond acceptors (Lipinski definition) is 3. The summed E-state index contributed by atoms with van der Waals surface area (Å²) in [6.07, 6.45) is 3.25. The Morgan fingerprint density at radius 3 is 2.56 bits per heavy atom. The van der Waals surface area contributed by atoms with E-state index >= 15 is 0 Å². The number of rotatable bonds is 7. The number of benzene rings is 2. The summed E-state index contributed by atoms with van der Waals surface area (Å²) in [6, 6.07) is 14.0. The molecule has 27 heavy (non-hydrogen) atoms. The number of carbonyl (C=O) groups is 1. The molecule has 144 valence electrons. The summed E-state index contributed by atoms with van der Waals surface area (Å²) in [5.41, 5.74) is 2.35. The molecule has 5 heteroatoms. The molecule has 4 nitrogen and oxygen atoms in total. The predicted molar refractivity (Wildman–Crippen MR) is 104 cm³/mol. The van der Waals surface area contributed by atoms with Gasteiger partial charge < -0.3 is 10.1 Å². The van der Waals surface area contributed by atoms with Crippen molar-refractivity contribution in [3.05, 3.63) is 65.5 Å². The molecule has 0 saturated carbocycles. The zero-order valence-corrected chi connectivity index (χ0v) is 15.8. The first-order chi connectivity index (χ1) is 13.1. The van der Waals surface area contributed by atoms with Crippen LogP contribution < -0.4 is 10.1 Å². The normalized spacial score (nSPS) is 15.9. The van der Waals surface area contributed by atoms with Crippen molar-refractivity contribution in [1.29, 1.82) is 0 Å². The zero-order valence-electron chi connectivity index (χ0n) is 15.8. The molecule has 2 aromatic rings. The quantitative estimate of drug-likeness (QED) is 0.804. The van der Waals surface area contributed by atoms with Crippen LogP contribution in [0.5, 0.6) is 5.75 Å². The fourth-order valence-electron chi connectivity index (χ4n) is 3.32. The summed E-state index contributed by atoms with van der Waals surface area (Å²) in [4.78, 5) is 14.8. The van der Waals surface area contributed by atoms with E-state index in [1.165, 1.54) is 62.2 Å². The highest BCUT2D eigenvalue weighted by molar-refractivity contribution is 5.80. The molecule has 0 bridgehead atoms. The Labute approximate surface area is 160 Å². The standard InChI is InChI=1S/C22H27FN2O2/c1-17(27-21-10-8-20(23)9-11-21)22(26)24-15-18-6-5-7-19(14-18)16-25-12-3-2-4-13-25/h5-11,14,17H,2-4,12-13,15-16H2,1H3,(H,24,26)/t17-/m1/s1. The molecular formula is C22H27FN2O2. The van der Waals surface area contributed by atoms with E-state index in [0.29, 0.717) is 12.3 Å². The van der Waals surface area contributed by atoms with E-state index in [1.807, 2.05) is 12.1 Å². The molecule has 1 heterocycles. The Morgan fingerprint density at radius 2 is 1.81 bits per heavy atom. The third kappa shape index (κ3) is 6.07. The van der Waals surface area contributed by atoms with Crippen molar-refractivity contribution >= 4 is 5.91 Å². The molecule has 1 aliphatic rings. The van der Waals surface area contributed by atoms with Gasteiger partial charge in [-0.3, -0.25) is 9.69 Å². The lowest BCUT2D eigenvalue weighted by Gasteiger charge is -2.26. The van der Waals surface area contributed by atoms with E-state index < -0.39 is 6.10 Å². The van der Waals surface area contributed by atoms with Crippen molar-refractivity contribution < 1.29 is 13.9 Å². The maximum absolute atomic E-state index is 12.9. The third-order valence-corrected chi connectivity index (χ3v) is 4.81. The summed E-state index contributed by atoms with van der Waals surface area (Å²) in [7, 11) is 0. The highest BCUT2D eigenvalue weighted by Crippen LogP contribution is 2.15. The molecule has 1 fully saturated rings. The fraction of sp³-hybridized carbons (Fsp3) is 0.409. The lowest BCUT2D eigenvalue weighted by Crippen LogP contribution is -2.36. The minimum Gasteiger partial charge on any atom is -0.481 e. The van der Waals surface area contributed by atoms with Crippen molar-refractivity contribution in [1.82, 2.24) is 10.2 Å². The van der Waals surface area contributed by atoms with Gasteiger partial charge in [-0.25, -0.2) is 4.39 Å². The molecular weight excluding hydrogens is 343 g/mol. The number of amides is 1. The van der Waals surface area contributed by atoms with Gasteiger partial charge in [0.15, 0.2) is 6.10 Å². The van der Waals surface area contributed by atoms with Crippen molar-refractivity contribution in [2.24, 2.45) is 0 Å². The van der Waals surface area contributed by atoms with E-state index in [9.17, 15) is 9.18 Å². The van der Waals surface area contributed by atoms with Crippen molar-refractivity contribution in [3.63, 3.8) is 0 Å². The van der Waals surface area contributed by atoms with Crippen LogP contribution in [0.3, 0.4) is 0 Å². The molecule has 0 aromatic heterocycles. The molecule has 0 aliphatic carbocycles. The van der Waals surface area contributed by atoms with Crippen molar-refractivity contribution in [2.75, 3.05) is 13.1 Å². The number of halogens is 1. The molecule has 1 aliphatic heterocycles. The molecule has 0 unspecified atom stereocenters. The Kier molecular flexibility index (Phi) is 6.82. The summed E-state index contributed by atoms with van der Waals surface area (Å²) in [5.74, 6) is -0.0489. The number of likely N-dealkylation sites (tertiary alicyclic amines) is 1. The first-order valence-corrected chi connectivity index (χ1v) is 9.60. The van der Waals surface area contributed by atoms with Crippen LogP contribution in [0.15, 0.2) is 48.5 Å². The summed E-state index contributed by atoms with van der Waals surface area (Å²) >= 11 is 0. The molecule has 1 N–H and O–H groups in total. The number of ether oxygens (including phenoxy) is 1. The smallest absolute Gasteiger partial charge is 0.261 e. The number of hydrogen-bond donors (Lipinski definition) is 1. The number of carbonyl (C=O) groups excluding carboxylic acids is 1. The lowest BCUT2D eigenvalue weighted by molar-refractivity contribution is -0.127. The van der Waals surface area contributed by atoms with Crippen LogP contribution in [0.4, 0.5) is 4.39 Å². The number of nitrogens with one attached hydrogen (secondary N) is 1. The van der Waals surface area contributed by atoms with Crippen LogP contribution in [0.25, 0.3) is 0 Å². The maximum Gasteiger partial charge on any atom is 0.261 e. The van der Waals surface area contributed by atoms with E-state index in [-0.39, 0.29) is 11.7 Å². The van der Waals surface area contributed by atoms with Gasteiger partial charge in [-0.15, -0.1) is 0 Å². The molecule has 1 saturated heterocycles. The highest BCUT2D eigenvalue weighted by Gasteiger charge is 2.15. The maximum atomic E-state index is 12.9. The first-order valence-electron chi connectivity index (χ1n) is 9.60. The van der Waals surface area contributed by atoms with E-state index in [1.54, 1.807) is 6.92 Å². The van der Waals surface area contributed by atoms with E-state index in [2.05, 4.69) is 22.3 Å². The van der Waals surface area contributed by atoms with Crippen LogP contribution in [0.2, 0.25) is 0 Å². The predicted octanol–water partition coefficient (Wildman–Crippen LogP) is 3.90. The van der Waals surface area contributed by atoms with Crippen molar-refractivity contribution in [3.8, 4) is 5.75 Å². The second-order valence-electron chi connectivity index (χ2n) is 7.09. The summed E-state index contributed by atoms with van der Waals surface area (Å²) in [6.45, 7) is 5.44. The Morgan fingerprint density at radius 1 is 1.11 bits per heavy atom. The second-order valence-corrected chi connectivity index (χ2v) is 7.09. The van der Waals surface area contributed by atoms with E-state index in [4.69, 9.17) is 4.74 Å². The lowest BCUT2D eigenvalue weighted by atomic mass is 10.1. The minimum absolute atomic E-state index is 0.194. The number of nitrogens with zero attached hydrogens (tertiary/aromatic N) is 1. The Bertz CT molecular complexity index is 742. The van der Waals surface area contributed by atoms with Gasteiger partial charge in [0.25, 0.3) is 5.91 Å². The minimum atomic E-state index is -0.646. The first kappa shape index (κ1) is 19.4. The molecule has 0 spiro atoms. The Balaban J connectivity index is 1.49. The SMILES string of the molecule is C[C@@H](Oc1ccc(F)cc1)C(=O)NCc1cccc(CN2CCCCC2)c1. The van der Waals surface area contributed by atoms with Gasteiger partial charge in [-0.1, -0.05) is 30.7 Å². The Hall–Kier alpha value is -2.40. The fourth-order valence-corrected chi connectivity index (χ4v) is 3.32. The van der Waals surface area contributed by atoms with Crippen LogP contribution in [0.1, 0.15) is 37.3 Å². The van der Waals surface area contributed by atoms with Crippen LogP contribution in [-0.4, -0.2) is 30.0 Å². The highest BCUT2D eigenvalue weighted by atomic mass is 19.1. The van der Waals surface area contributed by atoms with Gasteiger partial charge >= 0.3 is 0 Å². The molecule has 0 radical (unpaired) electrons. The summed E-state index contributed by atoms with van der Waals surface area (Å²) in [5, 5.41) is 2.91. The topological polar surface area (TPSA) is 41.6 Å². The van der Waals surface area contributed by atoms with Gasteiger partial charge in [0.1, 0.15) is 11.6 Å². The molecule has 2 aromatic carbocycles. The van der Waals surface area contributed by atoms with Gasteiger partial charge in [0, 0.05) is 13.1 Å². The molecule has 1 amide bonds.